The van der Waals surface area contributed by atoms with E-state index in [-0.39, 0.29) is 12.1 Å². The van der Waals surface area contributed by atoms with Gasteiger partial charge in [0.2, 0.25) is 0 Å². The van der Waals surface area contributed by atoms with E-state index in [1.807, 2.05) is 19.1 Å². The van der Waals surface area contributed by atoms with Gasteiger partial charge in [-0.05, 0) is 55.2 Å². The maximum atomic E-state index is 12.7. The number of nitrogens with one attached hydrogen (secondary N) is 1. The number of hydrogen-bond donors (Lipinski definition) is 2. The lowest BCUT2D eigenvalue weighted by molar-refractivity contribution is -0.137. The molecule has 0 saturated carbocycles. The van der Waals surface area contributed by atoms with Gasteiger partial charge in [0.05, 0.1) is 11.2 Å². The fourth-order valence-electron chi connectivity index (χ4n) is 3.40. The van der Waals surface area contributed by atoms with Crippen molar-refractivity contribution in [3.05, 3.63) is 65.5 Å². The molecule has 0 amide bonds. The monoisotopic (exact) mass is 336 g/mol. The maximum absolute atomic E-state index is 12.7. The Hall–Kier alpha value is -1.92. The zero-order chi connectivity index (χ0) is 17.4. The zero-order valence-corrected chi connectivity index (χ0v) is 13.2. The molecule has 0 spiro atoms. The van der Waals surface area contributed by atoms with Gasteiger partial charge in [0.1, 0.15) is 0 Å². The summed E-state index contributed by atoms with van der Waals surface area (Å²) in [5, 5.41) is 14.5. The Morgan fingerprint density at radius 2 is 1.71 bits per heavy atom. The van der Waals surface area contributed by atoms with Gasteiger partial charge in [-0.2, -0.15) is 13.2 Å². The third kappa shape index (κ3) is 3.44. The van der Waals surface area contributed by atoms with Crippen molar-refractivity contribution in [2.24, 2.45) is 0 Å². The second-order valence-electron chi connectivity index (χ2n) is 6.42. The van der Waals surface area contributed by atoms with Crippen LogP contribution < -0.4 is 5.32 Å². The lowest BCUT2D eigenvalue weighted by atomic mass is 9.77. The Labute approximate surface area is 138 Å². The topological polar surface area (TPSA) is 45.2 Å². The van der Waals surface area contributed by atoms with Crippen molar-refractivity contribution >= 4 is 0 Å². The molecule has 1 fully saturated rings. The highest BCUT2D eigenvalue weighted by Gasteiger charge is 2.40. The van der Waals surface area contributed by atoms with Gasteiger partial charge in [-0.15, -0.1) is 0 Å². The zero-order valence-electron chi connectivity index (χ0n) is 13.2. The number of aliphatic hydroxyl groups is 1. The molecule has 3 nitrogen and oxygen atoms in total. The minimum atomic E-state index is -4.37. The molecule has 1 aliphatic rings. The number of hydrogen-bond acceptors (Lipinski definition) is 3. The van der Waals surface area contributed by atoms with Crippen LogP contribution >= 0.6 is 0 Å². The van der Waals surface area contributed by atoms with E-state index in [0.717, 1.165) is 17.7 Å². The molecule has 0 aliphatic carbocycles. The van der Waals surface area contributed by atoms with Crippen molar-refractivity contribution in [2.75, 3.05) is 0 Å². The molecule has 2 N–H and O–H groups in total. The molecule has 1 unspecified atom stereocenters. The van der Waals surface area contributed by atoms with E-state index in [0.29, 0.717) is 18.4 Å². The largest absolute Gasteiger partial charge is 0.416 e. The van der Waals surface area contributed by atoms with E-state index < -0.39 is 17.3 Å². The fourth-order valence-corrected chi connectivity index (χ4v) is 3.40. The first-order valence-corrected chi connectivity index (χ1v) is 7.84. The SMILES string of the molecule is C[C@H]1CC(O)(c2ccc(C(F)(F)F)cc2)C[C@@H](c2ccncc2)N1. The van der Waals surface area contributed by atoms with Gasteiger partial charge in [-0.25, -0.2) is 0 Å². The van der Waals surface area contributed by atoms with Gasteiger partial charge in [0.25, 0.3) is 0 Å². The highest BCUT2D eigenvalue weighted by atomic mass is 19.4. The van der Waals surface area contributed by atoms with Crippen LogP contribution in [0.1, 0.15) is 42.5 Å². The molecular formula is C18H19F3N2O. The molecule has 128 valence electrons. The predicted octanol–water partition coefficient (Wildman–Crippen LogP) is 3.80. The molecule has 24 heavy (non-hydrogen) atoms. The van der Waals surface area contributed by atoms with Crippen molar-refractivity contribution in [3.8, 4) is 0 Å². The third-order valence-electron chi connectivity index (χ3n) is 4.53. The summed E-state index contributed by atoms with van der Waals surface area (Å²) >= 11 is 0. The van der Waals surface area contributed by atoms with Gasteiger partial charge in [-0.3, -0.25) is 4.98 Å². The molecule has 1 aromatic heterocycles. The number of nitrogens with zero attached hydrogens (tertiary/aromatic N) is 1. The van der Waals surface area contributed by atoms with Gasteiger partial charge >= 0.3 is 6.18 Å². The van der Waals surface area contributed by atoms with Crippen molar-refractivity contribution < 1.29 is 18.3 Å². The summed E-state index contributed by atoms with van der Waals surface area (Å²) in [5.74, 6) is 0. The highest BCUT2D eigenvalue weighted by Crippen LogP contribution is 2.40. The Morgan fingerprint density at radius 1 is 1.08 bits per heavy atom. The smallest absolute Gasteiger partial charge is 0.385 e. The first kappa shape index (κ1) is 16.9. The third-order valence-corrected chi connectivity index (χ3v) is 4.53. The van der Waals surface area contributed by atoms with Crippen LogP contribution in [-0.2, 0) is 11.8 Å². The van der Waals surface area contributed by atoms with Crippen LogP contribution in [0.5, 0.6) is 0 Å². The van der Waals surface area contributed by atoms with Gasteiger partial charge < -0.3 is 10.4 Å². The Kier molecular flexibility index (Phi) is 4.36. The summed E-state index contributed by atoms with van der Waals surface area (Å²) in [6.07, 6.45) is -0.157. The van der Waals surface area contributed by atoms with E-state index in [4.69, 9.17) is 0 Å². The van der Waals surface area contributed by atoms with Crippen LogP contribution in [0.2, 0.25) is 0 Å². The summed E-state index contributed by atoms with van der Waals surface area (Å²) in [5.41, 5.74) is -0.352. The number of benzene rings is 1. The van der Waals surface area contributed by atoms with Crippen molar-refractivity contribution in [3.63, 3.8) is 0 Å². The molecule has 1 aromatic carbocycles. The lowest BCUT2D eigenvalue weighted by Gasteiger charge is -2.41. The minimum absolute atomic E-state index is 0.0317. The maximum Gasteiger partial charge on any atom is 0.416 e. The molecule has 3 rings (SSSR count). The highest BCUT2D eigenvalue weighted by molar-refractivity contribution is 5.31. The second kappa shape index (κ2) is 6.18. The minimum Gasteiger partial charge on any atom is -0.385 e. The standard InChI is InChI=1S/C18H19F3N2O/c1-12-10-17(24,11-16(23-12)13-6-8-22-9-7-13)14-2-4-15(5-3-14)18(19,20)21/h2-9,12,16,23-24H,10-11H2,1H3/t12-,16-,17?/m0/s1. The van der Waals surface area contributed by atoms with E-state index in [1.54, 1.807) is 12.4 Å². The first-order chi connectivity index (χ1) is 11.3. The number of aromatic nitrogens is 1. The first-order valence-electron chi connectivity index (χ1n) is 7.84. The van der Waals surface area contributed by atoms with Crippen LogP contribution in [0.25, 0.3) is 0 Å². The molecule has 3 atom stereocenters. The van der Waals surface area contributed by atoms with Crippen LogP contribution in [0.4, 0.5) is 13.2 Å². The second-order valence-corrected chi connectivity index (χ2v) is 6.42. The Bertz CT molecular complexity index is 688. The number of halogens is 3. The summed E-state index contributed by atoms with van der Waals surface area (Å²) < 4.78 is 38.2. The van der Waals surface area contributed by atoms with Gasteiger partial charge in [-0.1, -0.05) is 12.1 Å². The van der Waals surface area contributed by atoms with Gasteiger partial charge in [0.15, 0.2) is 0 Å². The average molecular weight is 336 g/mol. The van der Waals surface area contributed by atoms with Crippen LogP contribution in [0, 0.1) is 0 Å². The molecule has 0 radical (unpaired) electrons. The molecule has 1 aliphatic heterocycles. The molecular weight excluding hydrogens is 317 g/mol. The van der Waals surface area contributed by atoms with Crippen LogP contribution in [0.3, 0.4) is 0 Å². The molecule has 2 aromatic rings. The quantitative estimate of drug-likeness (QED) is 0.877. The summed E-state index contributed by atoms with van der Waals surface area (Å²) in [6.45, 7) is 1.96. The number of piperidine rings is 1. The van der Waals surface area contributed by atoms with E-state index in [9.17, 15) is 18.3 Å². The number of pyridine rings is 1. The van der Waals surface area contributed by atoms with Crippen LogP contribution in [-0.4, -0.2) is 16.1 Å². The Morgan fingerprint density at radius 3 is 2.29 bits per heavy atom. The predicted molar refractivity (Wildman–Crippen MR) is 84.2 cm³/mol. The molecule has 1 saturated heterocycles. The van der Waals surface area contributed by atoms with E-state index in [1.165, 1.54) is 12.1 Å². The van der Waals surface area contributed by atoms with Crippen LogP contribution in [0.15, 0.2) is 48.8 Å². The fraction of sp³-hybridized carbons (Fsp3) is 0.389. The molecule has 6 heteroatoms. The number of rotatable bonds is 2. The lowest BCUT2D eigenvalue weighted by Crippen LogP contribution is -2.46. The van der Waals surface area contributed by atoms with E-state index in [2.05, 4.69) is 10.3 Å². The molecule has 0 bridgehead atoms. The van der Waals surface area contributed by atoms with E-state index >= 15 is 0 Å². The van der Waals surface area contributed by atoms with Crippen molar-refractivity contribution in [1.29, 1.82) is 0 Å². The van der Waals surface area contributed by atoms with Crippen molar-refractivity contribution in [1.82, 2.24) is 10.3 Å². The summed E-state index contributed by atoms with van der Waals surface area (Å²) in [4.78, 5) is 3.99. The normalized spacial score (nSPS) is 27.9. The Balaban J connectivity index is 1.88. The van der Waals surface area contributed by atoms with Gasteiger partial charge in [0, 0.05) is 24.5 Å². The average Bonchev–Trinajstić information content (AvgIpc) is 2.54. The summed E-state index contributed by atoms with van der Waals surface area (Å²) in [6, 6.07) is 8.53. The number of alkyl halides is 3. The molecule has 2 heterocycles. The summed E-state index contributed by atoms with van der Waals surface area (Å²) in [7, 11) is 0. The van der Waals surface area contributed by atoms with Crippen molar-refractivity contribution in [2.45, 2.75) is 43.6 Å².